The van der Waals surface area contributed by atoms with Crippen molar-refractivity contribution in [2.75, 3.05) is 20.1 Å². The van der Waals surface area contributed by atoms with Gasteiger partial charge < -0.3 is 19.2 Å². The van der Waals surface area contributed by atoms with Crippen molar-refractivity contribution in [1.29, 1.82) is 0 Å². The maximum Gasteiger partial charge on any atom is 0.227 e. The zero-order valence-electron chi connectivity index (χ0n) is 15.4. The molecule has 0 spiro atoms. The zero-order chi connectivity index (χ0) is 18.4. The van der Waals surface area contributed by atoms with Gasteiger partial charge in [0.2, 0.25) is 11.8 Å². The number of rotatable bonds is 8. The molecule has 7 heteroatoms. The normalized spacial score (nSPS) is 16.3. The minimum atomic E-state index is -0.00444. The Morgan fingerprint density at radius 1 is 1.42 bits per heavy atom. The van der Waals surface area contributed by atoms with Crippen LogP contribution < -0.4 is 5.32 Å². The summed E-state index contributed by atoms with van der Waals surface area (Å²) in [6.07, 6.45) is 7.16. The van der Waals surface area contributed by atoms with Crippen LogP contribution in [-0.2, 0) is 17.6 Å². The number of amides is 1. The number of likely N-dealkylation sites (N-methyl/N-ethyl adjacent to an activating group) is 1. The van der Waals surface area contributed by atoms with Crippen LogP contribution in [0.3, 0.4) is 0 Å². The van der Waals surface area contributed by atoms with Crippen LogP contribution in [0.2, 0.25) is 0 Å². The lowest BCUT2D eigenvalue weighted by Gasteiger charge is -2.19. The van der Waals surface area contributed by atoms with Gasteiger partial charge in [-0.3, -0.25) is 4.79 Å². The number of aromatic nitrogens is 2. The van der Waals surface area contributed by atoms with E-state index in [2.05, 4.69) is 33.5 Å². The fraction of sp³-hybridized carbons (Fsp3) is 0.526. The van der Waals surface area contributed by atoms with Gasteiger partial charge in [-0.1, -0.05) is 11.2 Å². The first-order valence-corrected chi connectivity index (χ1v) is 9.12. The molecule has 7 nitrogen and oxygen atoms in total. The smallest absolute Gasteiger partial charge is 0.227 e. The van der Waals surface area contributed by atoms with Gasteiger partial charge in [-0.15, -0.1) is 0 Å². The molecule has 1 aliphatic rings. The lowest BCUT2D eigenvalue weighted by atomic mass is 10.1. The quantitative estimate of drug-likeness (QED) is 0.780. The van der Waals surface area contributed by atoms with Gasteiger partial charge in [0.05, 0.1) is 6.26 Å². The van der Waals surface area contributed by atoms with E-state index in [0.717, 1.165) is 43.7 Å². The van der Waals surface area contributed by atoms with E-state index in [-0.39, 0.29) is 11.9 Å². The molecule has 1 atom stereocenters. The highest BCUT2D eigenvalue weighted by Gasteiger charge is 2.16. The molecule has 0 aliphatic carbocycles. The van der Waals surface area contributed by atoms with E-state index in [0.29, 0.717) is 24.6 Å². The third-order valence-corrected chi connectivity index (χ3v) is 4.54. The van der Waals surface area contributed by atoms with Crippen molar-refractivity contribution in [1.82, 2.24) is 20.4 Å². The predicted octanol–water partition coefficient (Wildman–Crippen LogP) is 2.45. The summed E-state index contributed by atoms with van der Waals surface area (Å²) < 4.78 is 10.6. The van der Waals surface area contributed by atoms with E-state index in [1.807, 2.05) is 19.1 Å². The molecular formula is C19H26N4O3. The van der Waals surface area contributed by atoms with Crippen LogP contribution in [0.25, 0.3) is 5.57 Å². The van der Waals surface area contributed by atoms with Crippen LogP contribution in [0.15, 0.2) is 33.4 Å². The van der Waals surface area contributed by atoms with Gasteiger partial charge in [0.25, 0.3) is 0 Å². The Kier molecular flexibility index (Phi) is 6.22. The van der Waals surface area contributed by atoms with E-state index < -0.39 is 0 Å². The van der Waals surface area contributed by atoms with Crippen LogP contribution in [0.1, 0.15) is 43.7 Å². The van der Waals surface area contributed by atoms with Crippen LogP contribution >= 0.6 is 0 Å². The molecular weight excluding hydrogens is 332 g/mol. The fourth-order valence-electron chi connectivity index (χ4n) is 2.91. The van der Waals surface area contributed by atoms with Gasteiger partial charge in [-0.25, -0.2) is 0 Å². The summed E-state index contributed by atoms with van der Waals surface area (Å²) in [5.41, 5.74) is 1.12. The Morgan fingerprint density at radius 3 is 3.04 bits per heavy atom. The molecule has 0 fully saturated rings. The molecule has 3 heterocycles. The van der Waals surface area contributed by atoms with Crippen molar-refractivity contribution in [2.24, 2.45) is 0 Å². The molecule has 0 aromatic carbocycles. The number of furan rings is 1. The van der Waals surface area contributed by atoms with Crippen LogP contribution in [-0.4, -0.2) is 47.1 Å². The third kappa shape index (κ3) is 5.29. The summed E-state index contributed by atoms with van der Waals surface area (Å²) >= 11 is 0. The van der Waals surface area contributed by atoms with Crippen molar-refractivity contribution in [2.45, 2.75) is 45.1 Å². The fourth-order valence-corrected chi connectivity index (χ4v) is 2.91. The number of carbonyl (C=O) groups excluding carboxylic acids is 1. The Labute approximate surface area is 153 Å². The Morgan fingerprint density at radius 2 is 2.31 bits per heavy atom. The lowest BCUT2D eigenvalue weighted by molar-refractivity contribution is -0.121. The Bertz CT molecular complexity index is 736. The minimum Gasteiger partial charge on any atom is -0.469 e. The van der Waals surface area contributed by atoms with Gasteiger partial charge in [-0.05, 0) is 44.5 Å². The van der Waals surface area contributed by atoms with Crippen molar-refractivity contribution in [3.8, 4) is 0 Å². The van der Waals surface area contributed by atoms with E-state index in [1.165, 1.54) is 0 Å². The number of hydrogen-bond donors (Lipinski definition) is 1. The van der Waals surface area contributed by atoms with Gasteiger partial charge >= 0.3 is 0 Å². The van der Waals surface area contributed by atoms with Crippen molar-refractivity contribution < 1.29 is 13.7 Å². The summed E-state index contributed by atoms with van der Waals surface area (Å²) in [5.74, 6) is 2.10. The average molecular weight is 358 g/mol. The SMILES string of the molecule is CC(CCc1ccco1)NC(=O)CCc1nc(C2=CCN(C)CC2)no1. The van der Waals surface area contributed by atoms with E-state index in [1.54, 1.807) is 6.26 Å². The maximum atomic E-state index is 12.1. The molecule has 1 N–H and O–H groups in total. The third-order valence-electron chi connectivity index (χ3n) is 4.54. The molecule has 0 saturated heterocycles. The molecule has 1 amide bonds. The van der Waals surface area contributed by atoms with Gasteiger partial charge in [0, 0.05) is 38.4 Å². The Balaban J connectivity index is 1.40. The second kappa shape index (κ2) is 8.80. The molecule has 2 aromatic heterocycles. The van der Waals surface area contributed by atoms with Gasteiger partial charge in [0.15, 0.2) is 5.82 Å². The highest BCUT2D eigenvalue weighted by atomic mass is 16.5. The minimum absolute atomic E-state index is 0.00444. The highest BCUT2D eigenvalue weighted by Crippen LogP contribution is 2.19. The Hall–Kier alpha value is -2.41. The standard InChI is InChI=1S/C19H26N4O3/c1-14(5-6-16-4-3-13-25-16)20-17(24)7-8-18-21-19(22-26-18)15-9-11-23(2)12-10-15/h3-4,9,13-14H,5-8,10-12H2,1-2H3,(H,20,24). The first-order chi connectivity index (χ1) is 12.6. The maximum absolute atomic E-state index is 12.1. The number of aryl methyl sites for hydroxylation is 2. The number of nitrogens with zero attached hydrogens (tertiary/aromatic N) is 3. The first-order valence-electron chi connectivity index (χ1n) is 9.12. The molecule has 140 valence electrons. The molecule has 0 saturated carbocycles. The number of carbonyl (C=O) groups is 1. The van der Waals surface area contributed by atoms with E-state index in [9.17, 15) is 4.79 Å². The van der Waals surface area contributed by atoms with Crippen LogP contribution in [0.5, 0.6) is 0 Å². The number of nitrogens with one attached hydrogen (secondary N) is 1. The van der Waals surface area contributed by atoms with Crippen molar-refractivity contribution in [3.63, 3.8) is 0 Å². The molecule has 1 unspecified atom stereocenters. The second-order valence-electron chi connectivity index (χ2n) is 6.84. The van der Waals surface area contributed by atoms with Gasteiger partial charge in [0.1, 0.15) is 5.76 Å². The predicted molar refractivity (Wildman–Crippen MR) is 97.3 cm³/mol. The van der Waals surface area contributed by atoms with Crippen LogP contribution in [0, 0.1) is 0 Å². The topological polar surface area (TPSA) is 84.4 Å². The molecule has 0 bridgehead atoms. The summed E-state index contributed by atoms with van der Waals surface area (Å²) in [4.78, 5) is 18.8. The summed E-state index contributed by atoms with van der Waals surface area (Å²) in [6.45, 7) is 3.89. The largest absolute Gasteiger partial charge is 0.469 e. The molecule has 26 heavy (non-hydrogen) atoms. The first kappa shape index (κ1) is 18.4. The van der Waals surface area contributed by atoms with Crippen molar-refractivity contribution >= 4 is 11.5 Å². The molecule has 3 rings (SSSR count). The lowest BCUT2D eigenvalue weighted by Crippen LogP contribution is -2.33. The number of hydrogen-bond acceptors (Lipinski definition) is 6. The van der Waals surface area contributed by atoms with Crippen LogP contribution in [0.4, 0.5) is 0 Å². The van der Waals surface area contributed by atoms with E-state index in [4.69, 9.17) is 8.94 Å². The molecule has 1 aliphatic heterocycles. The summed E-state index contributed by atoms with van der Waals surface area (Å²) in [6, 6.07) is 3.91. The average Bonchev–Trinajstić information content (AvgIpc) is 3.31. The zero-order valence-corrected chi connectivity index (χ0v) is 15.4. The molecule has 2 aromatic rings. The second-order valence-corrected chi connectivity index (χ2v) is 6.84. The monoisotopic (exact) mass is 358 g/mol. The highest BCUT2D eigenvalue weighted by molar-refractivity contribution is 5.76. The summed E-state index contributed by atoms with van der Waals surface area (Å²) in [5, 5.41) is 7.05. The van der Waals surface area contributed by atoms with Gasteiger partial charge in [-0.2, -0.15) is 4.98 Å². The van der Waals surface area contributed by atoms with Crippen molar-refractivity contribution in [3.05, 3.63) is 41.9 Å². The van der Waals surface area contributed by atoms with E-state index >= 15 is 0 Å². The summed E-state index contributed by atoms with van der Waals surface area (Å²) in [7, 11) is 2.09. The molecule has 0 radical (unpaired) electrons.